The molecule has 0 amide bonds. The Bertz CT molecular complexity index is 194. The van der Waals surface area contributed by atoms with Crippen molar-refractivity contribution in [1.82, 2.24) is 10.2 Å². The van der Waals surface area contributed by atoms with Crippen LogP contribution in [0, 0.1) is 0 Å². The van der Waals surface area contributed by atoms with E-state index in [1.807, 2.05) is 6.92 Å². The van der Waals surface area contributed by atoms with Crippen molar-refractivity contribution in [3.05, 3.63) is 0 Å². The van der Waals surface area contributed by atoms with Crippen LogP contribution in [0.2, 0.25) is 0 Å². The summed E-state index contributed by atoms with van der Waals surface area (Å²) in [6.45, 7) is 8.64. The third-order valence-corrected chi connectivity index (χ3v) is 2.52. The molecule has 1 N–H and O–H groups in total. The number of rotatable bonds is 7. The summed E-state index contributed by atoms with van der Waals surface area (Å²) in [5, 5.41) is 3.30. The number of nitrogens with zero attached hydrogens (tertiary/aromatic N) is 1. The van der Waals surface area contributed by atoms with Crippen LogP contribution in [0.1, 0.15) is 13.3 Å². The van der Waals surface area contributed by atoms with Gasteiger partial charge in [-0.15, -0.1) is 0 Å². The van der Waals surface area contributed by atoms with E-state index in [0.717, 1.165) is 32.7 Å². The Hall–Kier alpha value is -0.650. The van der Waals surface area contributed by atoms with Gasteiger partial charge in [-0.05, 0) is 6.92 Å². The molecule has 1 aliphatic rings. The first-order valence-corrected chi connectivity index (χ1v) is 5.99. The van der Waals surface area contributed by atoms with Crippen LogP contribution in [0.4, 0.5) is 0 Å². The molecule has 1 aliphatic heterocycles. The monoisotopic (exact) mass is 230 g/mol. The fourth-order valence-corrected chi connectivity index (χ4v) is 1.62. The van der Waals surface area contributed by atoms with Gasteiger partial charge < -0.3 is 14.8 Å². The van der Waals surface area contributed by atoms with Gasteiger partial charge in [0.25, 0.3) is 0 Å². The number of esters is 1. The standard InChI is InChI=1S/C11H22N2O3/c1-2-16-11(14)3-9-15-10-8-13-6-4-12-5-7-13/h12H,2-10H2,1H3. The van der Waals surface area contributed by atoms with Crippen molar-refractivity contribution in [3.63, 3.8) is 0 Å². The van der Waals surface area contributed by atoms with Gasteiger partial charge in [0.05, 0.1) is 26.2 Å². The average molecular weight is 230 g/mol. The molecule has 0 atom stereocenters. The second-order valence-corrected chi connectivity index (χ2v) is 3.76. The highest BCUT2D eigenvalue weighted by molar-refractivity contribution is 5.69. The first-order chi connectivity index (χ1) is 7.83. The van der Waals surface area contributed by atoms with Crippen molar-refractivity contribution in [2.75, 3.05) is 52.5 Å². The van der Waals surface area contributed by atoms with E-state index in [-0.39, 0.29) is 5.97 Å². The van der Waals surface area contributed by atoms with Crippen LogP contribution in [-0.2, 0) is 14.3 Å². The van der Waals surface area contributed by atoms with Gasteiger partial charge in [-0.1, -0.05) is 0 Å². The quantitative estimate of drug-likeness (QED) is 0.487. The van der Waals surface area contributed by atoms with Crippen molar-refractivity contribution >= 4 is 5.97 Å². The third-order valence-electron chi connectivity index (χ3n) is 2.52. The Balaban J connectivity index is 1.89. The van der Waals surface area contributed by atoms with E-state index in [2.05, 4.69) is 10.2 Å². The second kappa shape index (κ2) is 8.50. The van der Waals surface area contributed by atoms with Gasteiger partial charge in [-0.25, -0.2) is 0 Å². The van der Waals surface area contributed by atoms with Crippen molar-refractivity contribution in [3.8, 4) is 0 Å². The molecule has 5 heteroatoms. The molecule has 16 heavy (non-hydrogen) atoms. The van der Waals surface area contributed by atoms with E-state index in [9.17, 15) is 4.79 Å². The van der Waals surface area contributed by atoms with Gasteiger partial charge in [-0.2, -0.15) is 0 Å². The molecular weight excluding hydrogens is 208 g/mol. The molecule has 1 rings (SSSR count). The Morgan fingerprint density at radius 2 is 2.06 bits per heavy atom. The number of nitrogens with one attached hydrogen (secondary N) is 1. The summed E-state index contributed by atoms with van der Waals surface area (Å²) in [6.07, 6.45) is 0.357. The lowest BCUT2D eigenvalue weighted by molar-refractivity contribution is -0.144. The summed E-state index contributed by atoms with van der Waals surface area (Å²) >= 11 is 0. The highest BCUT2D eigenvalue weighted by atomic mass is 16.5. The highest BCUT2D eigenvalue weighted by Gasteiger charge is 2.08. The first-order valence-electron chi connectivity index (χ1n) is 5.99. The SMILES string of the molecule is CCOC(=O)CCOCCN1CCNCC1. The minimum absolute atomic E-state index is 0.176. The smallest absolute Gasteiger partial charge is 0.308 e. The largest absolute Gasteiger partial charge is 0.466 e. The summed E-state index contributed by atoms with van der Waals surface area (Å²) in [5.41, 5.74) is 0. The molecule has 0 aliphatic carbocycles. The van der Waals surface area contributed by atoms with Crippen molar-refractivity contribution in [2.24, 2.45) is 0 Å². The maximum atomic E-state index is 11.0. The summed E-state index contributed by atoms with van der Waals surface area (Å²) < 4.78 is 10.2. The lowest BCUT2D eigenvalue weighted by atomic mass is 10.3. The lowest BCUT2D eigenvalue weighted by Gasteiger charge is -2.26. The molecule has 0 aromatic rings. The Kier molecular flexibility index (Phi) is 7.12. The van der Waals surface area contributed by atoms with Crippen LogP contribution in [0.5, 0.6) is 0 Å². The first kappa shape index (κ1) is 13.4. The van der Waals surface area contributed by atoms with Crippen LogP contribution < -0.4 is 5.32 Å². The Morgan fingerprint density at radius 1 is 1.31 bits per heavy atom. The van der Waals surface area contributed by atoms with Crippen LogP contribution in [0.3, 0.4) is 0 Å². The summed E-state index contributed by atoms with van der Waals surface area (Å²) in [5.74, 6) is -0.176. The molecule has 0 bridgehead atoms. The molecule has 5 nitrogen and oxygen atoms in total. The zero-order valence-electron chi connectivity index (χ0n) is 10.0. The molecule has 94 valence electrons. The van der Waals surface area contributed by atoms with E-state index in [1.54, 1.807) is 0 Å². The molecule has 1 fully saturated rings. The number of hydrogen-bond donors (Lipinski definition) is 1. The van der Waals surface area contributed by atoms with Crippen LogP contribution in [0.25, 0.3) is 0 Å². The van der Waals surface area contributed by atoms with Crippen molar-refractivity contribution in [1.29, 1.82) is 0 Å². The normalized spacial score (nSPS) is 17.3. The number of ether oxygens (including phenoxy) is 2. The second-order valence-electron chi connectivity index (χ2n) is 3.76. The third kappa shape index (κ3) is 6.05. The summed E-state index contributed by atoms with van der Waals surface area (Å²) in [4.78, 5) is 13.3. The number of carbonyl (C=O) groups is 1. The minimum atomic E-state index is -0.176. The van der Waals surface area contributed by atoms with E-state index < -0.39 is 0 Å². The van der Waals surface area contributed by atoms with Gasteiger partial charge in [0.2, 0.25) is 0 Å². The molecule has 0 unspecified atom stereocenters. The zero-order chi connectivity index (χ0) is 11.6. The molecule has 0 radical (unpaired) electrons. The molecule has 0 aromatic heterocycles. The molecule has 1 saturated heterocycles. The van der Waals surface area contributed by atoms with Crippen LogP contribution >= 0.6 is 0 Å². The van der Waals surface area contributed by atoms with Gasteiger partial charge in [0.1, 0.15) is 0 Å². The van der Waals surface area contributed by atoms with Crippen LogP contribution in [0.15, 0.2) is 0 Å². The van der Waals surface area contributed by atoms with Gasteiger partial charge >= 0.3 is 5.97 Å². The van der Waals surface area contributed by atoms with E-state index in [1.165, 1.54) is 0 Å². The number of carbonyl (C=O) groups excluding carboxylic acids is 1. The van der Waals surface area contributed by atoms with E-state index in [4.69, 9.17) is 9.47 Å². The van der Waals surface area contributed by atoms with Gasteiger partial charge in [0, 0.05) is 32.7 Å². The minimum Gasteiger partial charge on any atom is -0.466 e. The average Bonchev–Trinajstić information content (AvgIpc) is 2.30. The molecule has 0 saturated carbocycles. The Morgan fingerprint density at radius 3 is 2.75 bits per heavy atom. The molecular formula is C11H22N2O3. The van der Waals surface area contributed by atoms with E-state index >= 15 is 0 Å². The number of piperazine rings is 1. The highest BCUT2D eigenvalue weighted by Crippen LogP contribution is 1.93. The summed E-state index contributed by atoms with van der Waals surface area (Å²) in [7, 11) is 0. The Labute approximate surface area is 97.1 Å². The maximum Gasteiger partial charge on any atom is 0.308 e. The van der Waals surface area contributed by atoms with Crippen molar-refractivity contribution < 1.29 is 14.3 Å². The van der Waals surface area contributed by atoms with Gasteiger partial charge in [-0.3, -0.25) is 9.69 Å². The molecule has 1 heterocycles. The fourth-order valence-electron chi connectivity index (χ4n) is 1.62. The predicted molar refractivity (Wildman–Crippen MR) is 61.4 cm³/mol. The fraction of sp³-hybridized carbons (Fsp3) is 0.909. The zero-order valence-corrected chi connectivity index (χ0v) is 10.0. The predicted octanol–water partition coefficient (Wildman–Crippen LogP) is -0.139. The lowest BCUT2D eigenvalue weighted by Crippen LogP contribution is -2.44. The van der Waals surface area contributed by atoms with Gasteiger partial charge in [0.15, 0.2) is 0 Å². The van der Waals surface area contributed by atoms with Crippen LogP contribution in [-0.4, -0.2) is 63.4 Å². The van der Waals surface area contributed by atoms with E-state index in [0.29, 0.717) is 26.2 Å². The topological polar surface area (TPSA) is 50.8 Å². The van der Waals surface area contributed by atoms with Crippen molar-refractivity contribution in [2.45, 2.75) is 13.3 Å². The molecule has 0 spiro atoms. The summed E-state index contributed by atoms with van der Waals surface area (Å²) in [6, 6.07) is 0. The number of hydrogen-bond acceptors (Lipinski definition) is 5. The molecule has 0 aromatic carbocycles. The maximum absolute atomic E-state index is 11.0.